The molecule has 3 rings (SSSR count). The predicted octanol–water partition coefficient (Wildman–Crippen LogP) is 10.2. The number of aliphatic hydroxyl groups is 1. The van der Waals surface area contributed by atoms with Gasteiger partial charge in [0.05, 0.1) is 45.5 Å². The summed E-state index contributed by atoms with van der Waals surface area (Å²) in [5.74, 6) is 2.12. The molecule has 0 aliphatic rings. The number of aryl methyl sites for hydroxylation is 3. The van der Waals surface area contributed by atoms with Crippen LogP contribution in [-0.2, 0) is 12.8 Å². The van der Waals surface area contributed by atoms with Crippen molar-refractivity contribution in [2.24, 2.45) is 0 Å². The third-order valence-electron chi connectivity index (χ3n) is 8.75. The van der Waals surface area contributed by atoms with Crippen LogP contribution in [0, 0.1) is 32.1 Å². The molecule has 0 saturated heterocycles. The number of rotatable bonds is 20. The predicted molar refractivity (Wildman–Crippen MR) is 264 cm³/mol. The van der Waals surface area contributed by atoms with Crippen LogP contribution in [0.5, 0.6) is 11.5 Å². The first kappa shape index (κ1) is 66.8. The number of quaternary nitrogens is 1. The zero-order valence-electron chi connectivity index (χ0n) is 37.1. The van der Waals surface area contributed by atoms with Gasteiger partial charge in [-0.25, -0.2) is 0 Å². The summed E-state index contributed by atoms with van der Waals surface area (Å²) < 4.78 is 13.9. The summed E-state index contributed by atoms with van der Waals surface area (Å²) in [6, 6.07) is 1.75. The molecule has 3 aromatic heterocycles. The average Bonchev–Trinajstić information content (AvgIpc) is 3.94. The van der Waals surface area contributed by atoms with Crippen molar-refractivity contribution in [3.63, 3.8) is 0 Å². The van der Waals surface area contributed by atoms with Crippen LogP contribution in [0.2, 0.25) is 0 Å². The molecule has 7 nitrogen and oxygen atoms in total. The maximum absolute atomic E-state index is 8.48. The number of aliphatic hydroxyl groups excluding tert-OH is 1. The zero-order valence-corrected chi connectivity index (χ0v) is 47.4. The molecule has 0 spiro atoms. The SMILES string of the molecule is CC#N.CCBr.CCN(CC)CCCO.CCN(CC)CCCOc1cscc1C.CC[N+](CC)(CC)CCCOc1cscc1C.Cc1cscc1Br.[Br-].[Cu][I]. The second-order valence-corrected chi connectivity index (χ2v) is 16.5. The van der Waals surface area contributed by atoms with Gasteiger partial charge in [-0.2, -0.15) is 16.6 Å². The molecule has 3 heterocycles. The van der Waals surface area contributed by atoms with Gasteiger partial charge in [0, 0.05) is 70.1 Å². The Kier molecular flexibility index (Phi) is 57.9. The fraction of sp³-hybridized carbons (Fsp3) is 0.690. The Morgan fingerprint density at radius 2 is 1.05 bits per heavy atom. The summed E-state index contributed by atoms with van der Waals surface area (Å²) in [5.41, 5.74) is 3.84. The van der Waals surface area contributed by atoms with Crippen molar-refractivity contribution < 1.29 is 48.8 Å². The van der Waals surface area contributed by atoms with Crippen molar-refractivity contribution in [2.75, 3.05) is 90.6 Å². The summed E-state index contributed by atoms with van der Waals surface area (Å²) in [4.78, 5) is 4.72. The van der Waals surface area contributed by atoms with Gasteiger partial charge in [0.1, 0.15) is 11.5 Å². The number of nitriles is 1. The molecule has 0 aliphatic heterocycles. The molecule has 0 bridgehead atoms. The van der Waals surface area contributed by atoms with E-state index in [0.717, 1.165) is 88.6 Å². The van der Waals surface area contributed by atoms with E-state index in [0.29, 0.717) is 6.61 Å². The Labute approximate surface area is 409 Å². The topological polar surface area (TPSA) is 69.0 Å². The van der Waals surface area contributed by atoms with Crippen LogP contribution in [0.3, 0.4) is 0 Å². The minimum atomic E-state index is 0. The first-order chi connectivity index (χ1) is 26.9. The summed E-state index contributed by atoms with van der Waals surface area (Å²) in [6.07, 6.45) is 3.16. The van der Waals surface area contributed by atoms with Gasteiger partial charge in [-0.15, -0.1) is 22.7 Å². The number of ether oxygens (including phenoxy) is 2. The van der Waals surface area contributed by atoms with Crippen LogP contribution in [0.25, 0.3) is 0 Å². The van der Waals surface area contributed by atoms with E-state index >= 15 is 0 Å². The van der Waals surface area contributed by atoms with E-state index in [1.54, 1.807) is 60.4 Å². The van der Waals surface area contributed by atoms with Crippen LogP contribution in [0.4, 0.5) is 0 Å². The van der Waals surface area contributed by atoms with Gasteiger partial charge in [-0.3, -0.25) is 0 Å². The second-order valence-electron chi connectivity index (χ2n) is 12.3. The van der Waals surface area contributed by atoms with E-state index in [1.807, 2.05) is 6.92 Å². The quantitative estimate of drug-likeness (QED) is 0.0400. The number of nitrogens with zero attached hydrogens (tertiary/aromatic N) is 4. The molecule has 1 N–H and O–H groups in total. The van der Waals surface area contributed by atoms with Crippen molar-refractivity contribution >= 4 is 86.2 Å². The number of thiophene rings is 3. The third kappa shape index (κ3) is 38.2. The fourth-order valence-electron chi connectivity index (χ4n) is 4.91. The fourth-order valence-corrected chi connectivity index (χ4v) is 7.74. The Morgan fingerprint density at radius 3 is 1.32 bits per heavy atom. The molecule has 340 valence electrons. The van der Waals surface area contributed by atoms with E-state index in [9.17, 15) is 0 Å². The Morgan fingerprint density at radius 1 is 0.702 bits per heavy atom. The molecule has 0 saturated carbocycles. The molecule has 0 unspecified atom stereocenters. The first-order valence-corrected chi connectivity index (χ1v) is 27.6. The van der Waals surface area contributed by atoms with Crippen LogP contribution >= 0.6 is 86.2 Å². The second kappa shape index (κ2) is 49.4. The molecule has 57 heavy (non-hydrogen) atoms. The molecular formula is C42H77Br3CuIN4O3S3. The molecule has 0 atom stereocenters. The van der Waals surface area contributed by atoms with Gasteiger partial charge in [0.15, 0.2) is 0 Å². The van der Waals surface area contributed by atoms with Crippen LogP contribution in [-0.4, -0.2) is 110 Å². The van der Waals surface area contributed by atoms with Gasteiger partial charge in [-0.1, -0.05) is 50.5 Å². The molecule has 0 aromatic carbocycles. The van der Waals surface area contributed by atoms with E-state index in [4.69, 9.17) is 19.8 Å². The van der Waals surface area contributed by atoms with Crippen molar-refractivity contribution in [2.45, 2.75) is 102 Å². The first-order valence-electron chi connectivity index (χ1n) is 19.8. The standard InChI is InChI=1S/C14H26NOS.C12H21NOS.C7H17NO.C5H5BrS.C2H5Br.C2H3N.BrH.Cu.HI/c1-5-15(6-2,7-3)9-8-10-16-14-12-17-11-13(14)4;1-4-13(5-2)7-6-8-14-12-10-15-9-11(12)3;1-3-8(4-2)6-5-7-9;1-4-2-7-3-5(4)6;2*1-2-3;;;/h11-12H,5-10H2,1-4H3;9-10H,4-8H2,1-3H3;9H,3-7H2,1-2H3;2-3H,1H3;2H2,1H3;1H3;1H;;1H/q+1;;;;;;;+1;/p-2. The van der Waals surface area contributed by atoms with Crippen LogP contribution in [0.1, 0.15) is 98.3 Å². The Hall–Kier alpha value is 0.719. The third-order valence-corrected chi connectivity index (χ3v) is 12.5. The maximum atomic E-state index is 8.48. The van der Waals surface area contributed by atoms with E-state index < -0.39 is 0 Å². The molecule has 3 aromatic rings. The Balaban J connectivity index is -0.000000205. The average molecular weight is 1210 g/mol. The van der Waals surface area contributed by atoms with Gasteiger partial charge in [-0.05, 0) is 118 Å². The molecular weight excluding hydrogens is 1130 g/mol. The summed E-state index contributed by atoms with van der Waals surface area (Å²) in [5, 5.41) is 29.5. The zero-order chi connectivity index (χ0) is 43.6. The van der Waals surface area contributed by atoms with Crippen LogP contribution in [0.15, 0.2) is 36.8 Å². The summed E-state index contributed by atoms with van der Waals surface area (Å²) in [6.45, 7) is 38.8. The van der Waals surface area contributed by atoms with Crippen molar-refractivity contribution in [3.8, 4) is 17.6 Å². The minimum absolute atomic E-state index is 0. The summed E-state index contributed by atoms with van der Waals surface area (Å²) >= 11 is 17.5. The number of hydrogen-bond donors (Lipinski definition) is 1. The van der Waals surface area contributed by atoms with Crippen molar-refractivity contribution in [1.82, 2.24) is 9.80 Å². The van der Waals surface area contributed by atoms with E-state index in [1.165, 1.54) is 58.7 Å². The molecule has 0 radical (unpaired) electrons. The normalized spacial score (nSPS) is 9.81. The number of hydrogen-bond acceptors (Lipinski definition) is 9. The Bertz CT molecular complexity index is 1230. The molecule has 0 amide bonds. The van der Waals surface area contributed by atoms with Crippen molar-refractivity contribution in [3.05, 3.63) is 53.4 Å². The van der Waals surface area contributed by atoms with Gasteiger partial charge in [0.25, 0.3) is 0 Å². The van der Waals surface area contributed by atoms with Gasteiger partial charge < -0.3 is 45.8 Å². The van der Waals surface area contributed by atoms with Gasteiger partial charge in [0.2, 0.25) is 0 Å². The van der Waals surface area contributed by atoms with Crippen molar-refractivity contribution in [1.29, 1.82) is 5.26 Å². The van der Waals surface area contributed by atoms with Gasteiger partial charge >= 0.3 is 33.1 Å². The number of halogens is 4. The van der Waals surface area contributed by atoms with E-state index in [-0.39, 0.29) is 17.0 Å². The van der Waals surface area contributed by atoms with E-state index in [2.05, 4.69) is 156 Å². The summed E-state index contributed by atoms with van der Waals surface area (Å²) in [7, 11) is 0. The van der Waals surface area contributed by atoms with Crippen LogP contribution < -0.4 is 26.5 Å². The molecule has 0 fully saturated rings. The molecule has 0 aliphatic carbocycles. The molecule has 15 heteroatoms. The monoisotopic (exact) mass is 1210 g/mol. The number of alkyl halides is 1.